The minimum Gasteiger partial charge on any atom is -0.634 e. The molecule has 0 amide bonds. The number of hydroxylamine groups is 2. The van der Waals surface area contributed by atoms with Crippen LogP contribution >= 0.6 is 0 Å². The molecule has 0 radical (unpaired) electrons. The van der Waals surface area contributed by atoms with E-state index in [1.54, 1.807) is 13.4 Å². The molecule has 0 aromatic rings. The first-order valence-electron chi connectivity index (χ1n) is 4.58. The summed E-state index contributed by atoms with van der Waals surface area (Å²) in [6, 6.07) is 0. The smallest absolute Gasteiger partial charge is 0.281 e. The maximum absolute atomic E-state index is 11.1. The van der Waals surface area contributed by atoms with Crippen molar-refractivity contribution in [2.75, 3.05) is 20.1 Å². The number of nitrogens with one attached hydrogen (secondary N) is 2. The third kappa shape index (κ3) is 3.12. The van der Waals surface area contributed by atoms with Crippen LogP contribution in [0, 0.1) is 11.1 Å². The third-order valence-electron chi connectivity index (χ3n) is 2.24. The van der Waals surface area contributed by atoms with E-state index >= 15 is 0 Å². The molecule has 0 bridgehead atoms. The summed E-state index contributed by atoms with van der Waals surface area (Å²) in [4.78, 5) is 6.78. The van der Waals surface area contributed by atoms with Crippen LogP contribution in [0.25, 0.3) is 0 Å². The molecule has 1 fully saturated rings. The lowest BCUT2D eigenvalue weighted by Crippen LogP contribution is -3.09. The highest BCUT2D eigenvalue weighted by atomic mass is 16.5. The highest BCUT2D eigenvalue weighted by Crippen LogP contribution is 2.06. The average Bonchev–Trinajstić information content (AvgIpc) is 2.14. The second kappa shape index (κ2) is 4.94. The lowest BCUT2D eigenvalue weighted by atomic mass is 9.98. The van der Waals surface area contributed by atoms with Gasteiger partial charge in [0.05, 0.1) is 26.1 Å². The van der Waals surface area contributed by atoms with Crippen molar-refractivity contribution in [3.05, 3.63) is 5.21 Å². The molecule has 5 nitrogen and oxygen atoms in total. The number of nitrogens with zero attached hydrogens (tertiary/aromatic N) is 1. The molecular weight excluding hydrogens is 168 g/mol. The molecule has 4 N–H and O–H groups in total. The summed E-state index contributed by atoms with van der Waals surface area (Å²) in [5.74, 6) is 0.730. The number of rotatable bonds is 2. The van der Waals surface area contributed by atoms with Gasteiger partial charge in [0.2, 0.25) is 5.84 Å². The molecule has 1 aliphatic rings. The molecule has 2 atom stereocenters. The number of nitrogens with two attached hydrogens (primary N) is 1. The van der Waals surface area contributed by atoms with Crippen LogP contribution in [0.1, 0.15) is 12.8 Å². The number of hydrogen-bond donors (Lipinski definition) is 3. The lowest BCUT2D eigenvalue weighted by Gasteiger charge is -2.30. The topological polar surface area (TPSA) is 79.8 Å². The van der Waals surface area contributed by atoms with Crippen molar-refractivity contribution in [3.63, 3.8) is 0 Å². The molecule has 0 spiro atoms. The van der Waals surface area contributed by atoms with E-state index in [1.165, 1.54) is 0 Å². The first kappa shape index (κ1) is 10.1. The van der Waals surface area contributed by atoms with Crippen molar-refractivity contribution in [1.29, 1.82) is 0 Å². The highest BCUT2D eigenvalue weighted by molar-refractivity contribution is 5.88. The molecule has 0 aliphatic carbocycles. The fourth-order valence-electron chi connectivity index (χ4n) is 1.52. The Balaban J connectivity index is 2.50. The van der Waals surface area contributed by atoms with Crippen molar-refractivity contribution in [2.24, 2.45) is 16.6 Å². The van der Waals surface area contributed by atoms with E-state index in [9.17, 15) is 5.21 Å². The van der Waals surface area contributed by atoms with E-state index in [-0.39, 0.29) is 5.92 Å². The Kier molecular flexibility index (Phi) is 3.85. The Hall–Kier alpha value is -0.940. The van der Waals surface area contributed by atoms with Crippen LogP contribution in [0.15, 0.2) is 4.99 Å². The molecule has 0 aromatic carbocycles. The summed E-state index contributed by atoms with van der Waals surface area (Å²) in [6.07, 6.45) is 3.48. The molecule has 74 valence electrons. The second-order valence-electron chi connectivity index (χ2n) is 3.30. The molecule has 2 unspecified atom stereocenters. The molecule has 0 aromatic heterocycles. The van der Waals surface area contributed by atoms with Crippen molar-refractivity contribution >= 4 is 12.2 Å². The van der Waals surface area contributed by atoms with Gasteiger partial charge in [0, 0.05) is 0 Å². The molecule has 0 saturated carbocycles. The first-order valence-corrected chi connectivity index (χ1v) is 4.58. The molecule has 13 heavy (non-hydrogen) atoms. The average molecular weight is 185 g/mol. The van der Waals surface area contributed by atoms with Gasteiger partial charge in [0.25, 0.3) is 6.34 Å². The van der Waals surface area contributed by atoms with Crippen molar-refractivity contribution in [2.45, 2.75) is 12.8 Å². The summed E-state index contributed by atoms with van der Waals surface area (Å²) < 4.78 is 0. The quantitative estimate of drug-likeness (QED) is 0.242. The van der Waals surface area contributed by atoms with E-state index in [4.69, 9.17) is 5.73 Å². The summed E-state index contributed by atoms with van der Waals surface area (Å²) in [5, 5.41) is 11.4. The van der Waals surface area contributed by atoms with Crippen molar-refractivity contribution in [3.8, 4) is 0 Å². The van der Waals surface area contributed by atoms with Crippen molar-refractivity contribution < 1.29 is 10.1 Å². The summed E-state index contributed by atoms with van der Waals surface area (Å²) in [6.45, 7) is 1.27. The van der Waals surface area contributed by atoms with E-state index < -0.39 is 0 Å². The van der Waals surface area contributed by atoms with Crippen LogP contribution in [0.4, 0.5) is 0 Å². The molecule has 1 rings (SSSR count). The minimum absolute atomic E-state index is 0.158. The largest absolute Gasteiger partial charge is 0.634 e. The Morgan fingerprint density at radius 2 is 2.54 bits per heavy atom. The van der Waals surface area contributed by atoms with Crippen LogP contribution in [0.3, 0.4) is 0 Å². The normalized spacial score (nSPS) is 31.1. The molecular formula is C8H17N4O+. The molecule has 1 aliphatic heterocycles. The van der Waals surface area contributed by atoms with Gasteiger partial charge in [-0.05, 0) is 17.8 Å². The standard InChI is InChI=1S/C8H16N4O/c1-10-6-11-8(9)7-3-2-4-12(13)5-7/h6-7,12H,2-5H2,1H3,(H2,9,10,11)/p+1. The van der Waals surface area contributed by atoms with Gasteiger partial charge in [0.15, 0.2) is 0 Å². The Morgan fingerprint density at radius 1 is 1.77 bits per heavy atom. The van der Waals surface area contributed by atoms with E-state index in [2.05, 4.69) is 9.98 Å². The monoisotopic (exact) mass is 185 g/mol. The van der Waals surface area contributed by atoms with Crippen LogP contribution in [-0.2, 0) is 0 Å². The first-order chi connectivity index (χ1) is 6.24. The molecule has 1 heterocycles. The maximum Gasteiger partial charge on any atom is 0.281 e. The number of piperidine rings is 1. The van der Waals surface area contributed by atoms with Gasteiger partial charge >= 0.3 is 0 Å². The fourth-order valence-corrected chi connectivity index (χ4v) is 1.52. The van der Waals surface area contributed by atoms with Gasteiger partial charge < -0.3 is 16.0 Å². The number of amidine groups is 1. The predicted molar refractivity (Wildman–Crippen MR) is 51.4 cm³/mol. The zero-order valence-corrected chi connectivity index (χ0v) is 7.92. The minimum atomic E-state index is 0.158. The Labute approximate surface area is 77.9 Å². The summed E-state index contributed by atoms with van der Waals surface area (Å²) in [5.41, 5.74) is 5.72. The van der Waals surface area contributed by atoms with Gasteiger partial charge in [-0.15, -0.1) is 0 Å². The highest BCUT2D eigenvalue weighted by Gasteiger charge is 2.24. The van der Waals surface area contributed by atoms with Gasteiger partial charge in [-0.3, -0.25) is 4.99 Å². The lowest BCUT2D eigenvalue weighted by molar-refractivity contribution is -0.856. The van der Waals surface area contributed by atoms with E-state index in [0.29, 0.717) is 24.0 Å². The second-order valence-corrected chi connectivity index (χ2v) is 3.30. The summed E-state index contributed by atoms with van der Waals surface area (Å²) in [7, 11) is 1.77. The number of quaternary nitrogens is 1. The third-order valence-corrected chi connectivity index (χ3v) is 2.24. The zero-order chi connectivity index (χ0) is 9.68. The number of aliphatic imine (C=N–C) groups is 1. The summed E-state index contributed by atoms with van der Waals surface area (Å²) >= 11 is 0. The van der Waals surface area contributed by atoms with Gasteiger partial charge in [0.1, 0.15) is 0 Å². The molecule has 1 saturated heterocycles. The Bertz CT molecular complexity index is 214. The van der Waals surface area contributed by atoms with Crippen LogP contribution in [0.5, 0.6) is 0 Å². The SMILES string of the molecule is C[NH+]=CN=C(N)C1CCC[NH+]([O-])C1. The Morgan fingerprint density at radius 3 is 3.15 bits per heavy atom. The van der Waals surface area contributed by atoms with Gasteiger partial charge in [-0.1, -0.05) is 0 Å². The van der Waals surface area contributed by atoms with Crippen LogP contribution in [0.2, 0.25) is 0 Å². The van der Waals surface area contributed by atoms with Crippen molar-refractivity contribution in [1.82, 2.24) is 0 Å². The maximum atomic E-state index is 11.1. The van der Waals surface area contributed by atoms with Crippen LogP contribution in [-0.4, -0.2) is 32.3 Å². The van der Waals surface area contributed by atoms with Gasteiger partial charge in [-0.2, -0.15) is 0 Å². The van der Waals surface area contributed by atoms with Crippen LogP contribution < -0.4 is 15.8 Å². The predicted octanol–water partition coefficient (Wildman–Crippen LogP) is -3.12. The fraction of sp³-hybridized carbons (Fsp3) is 0.750. The van der Waals surface area contributed by atoms with E-state index in [0.717, 1.165) is 12.8 Å². The zero-order valence-electron chi connectivity index (χ0n) is 7.92. The van der Waals surface area contributed by atoms with Gasteiger partial charge in [-0.25, -0.2) is 0 Å². The molecule has 5 heteroatoms. The van der Waals surface area contributed by atoms with E-state index in [1.807, 2.05) is 0 Å². The number of hydrogen-bond acceptors (Lipinski definition) is 1.